The first-order chi connectivity index (χ1) is 7.68. The summed E-state index contributed by atoms with van der Waals surface area (Å²) in [5.41, 5.74) is 7.22. The number of carbonyl (C=O) groups excluding carboxylic acids is 1. The summed E-state index contributed by atoms with van der Waals surface area (Å²) in [6.45, 7) is 1.73. The highest BCUT2D eigenvalue weighted by atomic mass is 16.2. The second-order valence-corrected chi connectivity index (χ2v) is 4.18. The lowest BCUT2D eigenvalue weighted by atomic mass is 10.1. The highest BCUT2D eigenvalue weighted by molar-refractivity contribution is 5.95. The van der Waals surface area contributed by atoms with Crippen molar-refractivity contribution in [3.8, 4) is 0 Å². The zero-order chi connectivity index (χ0) is 11.5. The van der Waals surface area contributed by atoms with Gasteiger partial charge in [0.25, 0.3) is 0 Å². The lowest BCUT2D eigenvalue weighted by molar-refractivity contribution is -0.121. The molecule has 4 heteroatoms. The third-order valence-electron chi connectivity index (χ3n) is 3.02. The van der Waals surface area contributed by atoms with E-state index in [1.807, 2.05) is 31.3 Å². The van der Waals surface area contributed by atoms with Crippen molar-refractivity contribution in [1.29, 1.82) is 0 Å². The van der Waals surface area contributed by atoms with E-state index in [9.17, 15) is 4.79 Å². The van der Waals surface area contributed by atoms with Gasteiger partial charge in [0.1, 0.15) is 0 Å². The summed E-state index contributed by atoms with van der Waals surface area (Å²) in [5.74, 6) is 0.289. The van der Waals surface area contributed by atoms with Gasteiger partial charge in [-0.1, -0.05) is 0 Å². The summed E-state index contributed by atoms with van der Waals surface area (Å²) in [6, 6.07) is 7.36. The third kappa shape index (κ3) is 2.17. The van der Waals surface area contributed by atoms with E-state index in [1.54, 1.807) is 4.90 Å². The van der Waals surface area contributed by atoms with Gasteiger partial charge in [-0.2, -0.15) is 0 Å². The fourth-order valence-corrected chi connectivity index (χ4v) is 1.96. The van der Waals surface area contributed by atoms with Crippen LogP contribution in [0.1, 0.15) is 6.42 Å². The average molecular weight is 219 g/mol. The van der Waals surface area contributed by atoms with Crippen LogP contribution in [-0.2, 0) is 4.79 Å². The molecule has 1 unspecified atom stereocenters. The molecule has 1 aliphatic rings. The quantitative estimate of drug-likeness (QED) is 0.725. The van der Waals surface area contributed by atoms with E-state index in [0.29, 0.717) is 5.69 Å². The molecule has 0 radical (unpaired) electrons. The van der Waals surface area contributed by atoms with E-state index in [1.165, 1.54) is 0 Å². The Kier molecular flexibility index (Phi) is 3.10. The average Bonchev–Trinajstić information content (AvgIpc) is 2.81. The standard InChI is InChI=1S/C12H17N3O/c1-15(11-4-2-10(13)3-5-11)12(16)9-6-7-14-8-9/h2-5,9,14H,6-8,13H2,1H3. The summed E-state index contributed by atoms with van der Waals surface area (Å²) in [4.78, 5) is 13.8. The predicted octanol–water partition coefficient (Wildman–Crippen LogP) is 0.841. The minimum absolute atomic E-state index is 0.113. The van der Waals surface area contributed by atoms with E-state index < -0.39 is 0 Å². The molecule has 1 aliphatic heterocycles. The van der Waals surface area contributed by atoms with Crippen molar-refractivity contribution < 1.29 is 4.79 Å². The summed E-state index contributed by atoms with van der Waals surface area (Å²) in [5, 5.41) is 3.20. The Bertz CT molecular complexity index is 368. The number of carbonyl (C=O) groups is 1. The molecule has 2 rings (SSSR count). The Morgan fingerprint density at radius 3 is 2.69 bits per heavy atom. The molecule has 4 nitrogen and oxygen atoms in total. The number of hydrogen-bond donors (Lipinski definition) is 2. The van der Waals surface area contributed by atoms with Gasteiger partial charge < -0.3 is 16.0 Å². The monoisotopic (exact) mass is 219 g/mol. The van der Waals surface area contributed by atoms with Crippen LogP contribution in [0.4, 0.5) is 11.4 Å². The Morgan fingerprint density at radius 2 is 2.12 bits per heavy atom. The molecular weight excluding hydrogens is 202 g/mol. The number of rotatable bonds is 2. The van der Waals surface area contributed by atoms with Crippen LogP contribution < -0.4 is 16.0 Å². The molecule has 0 aliphatic carbocycles. The van der Waals surface area contributed by atoms with E-state index >= 15 is 0 Å². The van der Waals surface area contributed by atoms with Gasteiger partial charge in [-0.25, -0.2) is 0 Å². The molecule has 16 heavy (non-hydrogen) atoms. The fraction of sp³-hybridized carbons (Fsp3) is 0.417. The highest BCUT2D eigenvalue weighted by Crippen LogP contribution is 2.19. The van der Waals surface area contributed by atoms with Crippen LogP contribution in [0, 0.1) is 5.92 Å². The van der Waals surface area contributed by atoms with Crippen LogP contribution in [0.15, 0.2) is 24.3 Å². The number of nitrogens with one attached hydrogen (secondary N) is 1. The molecule has 1 aromatic rings. The molecule has 3 N–H and O–H groups in total. The molecule has 0 bridgehead atoms. The molecule has 86 valence electrons. The summed E-state index contributed by atoms with van der Waals surface area (Å²) in [7, 11) is 1.81. The van der Waals surface area contributed by atoms with Gasteiger partial charge in [-0.3, -0.25) is 4.79 Å². The molecule has 1 atom stereocenters. The Hall–Kier alpha value is -1.55. The molecule has 1 fully saturated rings. The zero-order valence-electron chi connectivity index (χ0n) is 9.44. The van der Waals surface area contributed by atoms with Gasteiger partial charge in [0.2, 0.25) is 5.91 Å². The van der Waals surface area contributed by atoms with Gasteiger partial charge in [0, 0.05) is 25.0 Å². The normalized spacial score (nSPS) is 19.7. The maximum absolute atomic E-state index is 12.1. The predicted molar refractivity (Wildman–Crippen MR) is 65.2 cm³/mol. The highest BCUT2D eigenvalue weighted by Gasteiger charge is 2.25. The van der Waals surface area contributed by atoms with Crippen molar-refractivity contribution in [3.05, 3.63) is 24.3 Å². The maximum Gasteiger partial charge on any atom is 0.231 e. The van der Waals surface area contributed by atoms with Crippen LogP contribution in [0.3, 0.4) is 0 Å². The van der Waals surface area contributed by atoms with Gasteiger partial charge in [0.05, 0.1) is 5.92 Å². The van der Waals surface area contributed by atoms with Crippen molar-refractivity contribution >= 4 is 17.3 Å². The second-order valence-electron chi connectivity index (χ2n) is 4.18. The van der Waals surface area contributed by atoms with Crippen LogP contribution in [-0.4, -0.2) is 26.0 Å². The molecule has 0 spiro atoms. The molecule has 0 saturated carbocycles. The maximum atomic E-state index is 12.1. The number of anilines is 2. The van der Waals surface area contributed by atoms with Crippen molar-refractivity contribution in [1.82, 2.24) is 5.32 Å². The zero-order valence-corrected chi connectivity index (χ0v) is 9.44. The van der Waals surface area contributed by atoms with Gasteiger partial charge in [-0.15, -0.1) is 0 Å². The Balaban J connectivity index is 2.08. The summed E-state index contributed by atoms with van der Waals surface area (Å²) >= 11 is 0. The van der Waals surface area contributed by atoms with Gasteiger partial charge >= 0.3 is 0 Å². The van der Waals surface area contributed by atoms with E-state index in [-0.39, 0.29) is 11.8 Å². The number of benzene rings is 1. The Morgan fingerprint density at radius 1 is 1.44 bits per heavy atom. The van der Waals surface area contributed by atoms with Gasteiger partial charge in [0.15, 0.2) is 0 Å². The topological polar surface area (TPSA) is 58.4 Å². The van der Waals surface area contributed by atoms with Crippen molar-refractivity contribution in [2.75, 3.05) is 30.8 Å². The SMILES string of the molecule is CN(C(=O)C1CCNC1)c1ccc(N)cc1. The van der Waals surface area contributed by atoms with E-state index in [0.717, 1.165) is 25.2 Å². The molecular formula is C12H17N3O. The van der Waals surface area contributed by atoms with Crippen LogP contribution >= 0.6 is 0 Å². The van der Waals surface area contributed by atoms with Crippen LogP contribution in [0.2, 0.25) is 0 Å². The van der Waals surface area contributed by atoms with Gasteiger partial charge in [-0.05, 0) is 37.2 Å². The van der Waals surface area contributed by atoms with Crippen molar-refractivity contribution in [2.24, 2.45) is 5.92 Å². The largest absolute Gasteiger partial charge is 0.399 e. The minimum Gasteiger partial charge on any atom is -0.399 e. The van der Waals surface area contributed by atoms with E-state index in [2.05, 4.69) is 5.32 Å². The second kappa shape index (κ2) is 4.53. The number of nitrogens with zero attached hydrogens (tertiary/aromatic N) is 1. The minimum atomic E-state index is 0.113. The first-order valence-corrected chi connectivity index (χ1v) is 5.52. The number of nitrogen functional groups attached to an aromatic ring is 1. The molecule has 1 aromatic carbocycles. The lowest BCUT2D eigenvalue weighted by Gasteiger charge is -2.20. The third-order valence-corrected chi connectivity index (χ3v) is 3.02. The Labute approximate surface area is 95.4 Å². The first kappa shape index (κ1) is 11.0. The van der Waals surface area contributed by atoms with Crippen molar-refractivity contribution in [2.45, 2.75) is 6.42 Å². The number of hydrogen-bond acceptors (Lipinski definition) is 3. The molecule has 1 amide bonds. The molecule has 1 heterocycles. The first-order valence-electron chi connectivity index (χ1n) is 5.52. The summed E-state index contributed by atoms with van der Waals surface area (Å²) in [6.07, 6.45) is 0.929. The number of amides is 1. The number of nitrogens with two attached hydrogens (primary N) is 1. The molecule has 1 saturated heterocycles. The smallest absolute Gasteiger partial charge is 0.231 e. The van der Waals surface area contributed by atoms with Crippen LogP contribution in [0.5, 0.6) is 0 Å². The van der Waals surface area contributed by atoms with E-state index in [4.69, 9.17) is 5.73 Å². The van der Waals surface area contributed by atoms with Crippen LogP contribution in [0.25, 0.3) is 0 Å². The lowest BCUT2D eigenvalue weighted by Crippen LogP contribution is -2.33. The fourth-order valence-electron chi connectivity index (χ4n) is 1.96. The molecule has 0 aromatic heterocycles. The summed E-state index contributed by atoms with van der Waals surface area (Å²) < 4.78 is 0. The van der Waals surface area contributed by atoms with Crippen molar-refractivity contribution in [3.63, 3.8) is 0 Å².